The molecule has 1 unspecified atom stereocenters. The van der Waals surface area contributed by atoms with E-state index < -0.39 is 54.8 Å². The molecule has 2 atom stereocenters. The third-order valence-corrected chi connectivity index (χ3v) is 4.12. The summed E-state index contributed by atoms with van der Waals surface area (Å²) < 4.78 is 17.6. The molecule has 2 amide bonds. The largest absolute Gasteiger partial charge is 0.481 e. The zero-order valence-corrected chi connectivity index (χ0v) is 16.2. The van der Waals surface area contributed by atoms with Crippen LogP contribution in [0, 0.1) is 5.92 Å². The van der Waals surface area contributed by atoms with Crippen molar-refractivity contribution in [2.45, 2.75) is 39.0 Å². The van der Waals surface area contributed by atoms with Gasteiger partial charge in [0.1, 0.15) is 25.4 Å². The number of ether oxygens (including phenoxy) is 1. The number of nitrogens with one attached hydrogen (secondary N) is 2. The fourth-order valence-electron chi connectivity index (χ4n) is 2.24. The Labute approximate surface area is 166 Å². The molecule has 0 saturated carbocycles. The van der Waals surface area contributed by atoms with Crippen molar-refractivity contribution >= 4 is 35.4 Å². The van der Waals surface area contributed by atoms with Crippen LogP contribution in [-0.2, 0) is 25.7 Å². The van der Waals surface area contributed by atoms with Gasteiger partial charge in [-0.3, -0.25) is 14.4 Å². The molecule has 28 heavy (non-hydrogen) atoms. The van der Waals surface area contributed by atoms with E-state index in [0.717, 1.165) is 0 Å². The first kappa shape index (κ1) is 23.4. The standard InChI is InChI=1S/C18H22ClFN2O6/c1-10(2)16(17(26)21-13(7-15(24)25)14(23)8-20)22-18(27)28-9-11-5-3-4-6-12(11)19/h3-6,10,13,16H,7-9H2,1-2H3,(H,21,26)(H,22,27)(H,24,25)/t13?,16-/m0/s1. The molecule has 0 bridgehead atoms. The second-order valence-electron chi connectivity index (χ2n) is 6.29. The summed E-state index contributed by atoms with van der Waals surface area (Å²) in [4.78, 5) is 46.7. The molecule has 154 valence electrons. The molecule has 0 heterocycles. The molecule has 1 rings (SSSR count). The van der Waals surface area contributed by atoms with Gasteiger partial charge in [0, 0.05) is 10.6 Å². The van der Waals surface area contributed by atoms with Crippen LogP contribution < -0.4 is 10.6 Å². The molecular weight excluding hydrogens is 395 g/mol. The van der Waals surface area contributed by atoms with Gasteiger partial charge in [-0.2, -0.15) is 0 Å². The lowest BCUT2D eigenvalue weighted by atomic mass is 10.0. The number of carboxylic acid groups (broad SMARTS) is 1. The molecule has 0 aliphatic carbocycles. The topological polar surface area (TPSA) is 122 Å². The molecule has 0 aliphatic heterocycles. The molecule has 0 aromatic heterocycles. The van der Waals surface area contributed by atoms with Gasteiger partial charge < -0.3 is 20.5 Å². The summed E-state index contributed by atoms with van der Waals surface area (Å²) in [6, 6.07) is 4.09. The molecule has 0 fully saturated rings. The molecule has 8 nitrogen and oxygen atoms in total. The number of alkyl halides is 1. The van der Waals surface area contributed by atoms with Crippen LogP contribution in [-0.4, -0.2) is 47.6 Å². The Balaban J connectivity index is 2.73. The van der Waals surface area contributed by atoms with E-state index in [-0.39, 0.29) is 6.61 Å². The van der Waals surface area contributed by atoms with Gasteiger partial charge in [-0.25, -0.2) is 9.18 Å². The van der Waals surface area contributed by atoms with E-state index in [2.05, 4.69) is 10.6 Å². The minimum absolute atomic E-state index is 0.125. The minimum Gasteiger partial charge on any atom is -0.481 e. The van der Waals surface area contributed by atoms with E-state index in [1.807, 2.05) is 0 Å². The van der Waals surface area contributed by atoms with Crippen LogP contribution in [0.3, 0.4) is 0 Å². The van der Waals surface area contributed by atoms with E-state index in [4.69, 9.17) is 21.4 Å². The number of Topliss-reactive ketones (excluding diaryl/α,β-unsaturated/α-hetero) is 1. The molecule has 3 N–H and O–H groups in total. The Kier molecular flexibility index (Phi) is 9.37. The first-order valence-electron chi connectivity index (χ1n) is 8.43. The monoisotopic (exact) mass is 416 g/mol. The predicted octanol–water partition coefficient (Wildman–Crippen LogP) is 2.09. The molecule has 1 aromatic rings. The van der Waals surface area contributed by atoms with Crippen molar-refractivity contribution in [3.63, 3.8) is 0 Å². The highest BCUT2D eigenvalue weighted by Crippen LogP contribution is 2.15. The third-order valence-electron chi connectivity index (χ3n) is 3.75. The molecule has 10 heteroatoms. The number of carbonyl (C=O) groups is 4. The maximum Gasteiger partial charge on any atom is 0.408 e. The first-order chi connectivity index (χ1) is 13.1. The number of rotatable bonds is 10. The van der Waals surface area contributed by atoms with Crippen molar-refractivity contribution in [2.75, 3.05) is 6.67 Å². The third kappa shape index (κ3) is 7.51. The van der Waals surface area contributed by atoms with Crippen molar-refractivity contribution in [1.29, 1.82) is 0 Å². The van der Waals surface area contributed by atoms with Crippen LogP contribution in [0.5, 0.6) is 0 Å². The lowest BCUT2D eigenvalue weighted by Crippen LogP contribution is -2.54. The van der Waals surface area contributed by atoms with Crippen LogP contribution in [0.4, 0.5) is 9.18 Å². The van der Waals surface area contributed by atoms with Gasteiger partial charge in [-0.05, 0) is 12.0 Å². The van der Waals surface area contributed by atoms with E-state index in [1.54, 1.807) is 38.1 Å². The maximum atomic E-state index is 12.6. The first-order valence-corrected chi connectivity index (χ1v) is 8.81. The Hall–Kier alpha value is -2.68. The minimum atomic E-state index is -1.53. The summed E-state index contributed by atoms with van der Waals surface area (Å²) in [6.07, 6.45) is -1.67. The zero-order valence-electron chi connectivity index (χ0n) is 15.4. The number of ketones is 1. The van der Waals surface area contributed by atoms with Crippen LogP contribution in [0.1, 0.15) is 25.8 Å². The van der Waals surface area contributed by atoms with E-state index in [0.29, 0.717) is 10.6 Å². The lowest BCUT2D eigenvalue weighted by molar-refractivity contribution is -0.140. The number of halogens is 2. The lowest BCUT2D eigenvalue weighted by Gasteiger charge is -2.24. The van der Waals surface area contributed by atoms with Crippen molar-refractivity contribution in [1.82, 2.24) is 10.6 Å². The summed E-state index contributed by atoms with van der Waals surface area (Å²) in [7, 11) is 0. The molecule has 0 radical (unpaired) electrons. The van der Waals surface area contributed by atoms with Gasteiger partial charge in [0.25, 0.3) is 0 Å². The number of benzene rings is 1. The van der Waals surface area contributed by atoms with Crippen LogP contribution in [0.15, 0.2) is 24.3 Å². The Bertz CT molecular complexity index is 728. The van der Waals surface area contributed by atoms with Crippen molar-refractivity contribution in [3.8, 4) is 0 Å². The summed E-state index contributed by atoms with van der Waals surface area (Å²) in [5, 5.41) is 13.7. The zero-order chi connectivity index (χ0) is 21.3. The summed E-state index contributed by atoms with van der Waals surface area (Å²) >= 11 is 5.97. The van der Waals surface area contributed by atoms with Crippen LogP contribution >= 0.6 is 11.6 Å². The average molecular weight is 417 g/mol. The van der Waals surface area contributed by atoms with Gasteiger partial charge in [0.05, 0.1) is 6.42 Å². The summed E-state index contributed by atoms with van der Waals surface area (Å²) in [5.41, 5.74) is 0.569. The number of alkyl carbamates (subject to hydrolysis) is 1. The normalized spacial score (nSPS) is 12.8. The Morgan fingerprint density at radius 1 is 1.18 bits per heavy atom. The molecule has 0 aliphatic rings. The van der Waals surface area contributed by atoms with E-state index in [9.17, 15) is 23.6 Å². The summed E-state index contributed by atoms with van der Waals surface area (Å²) in [6.45, 7) is 1.71. The average Bonchev–Trinajstić information content (AvgIpc) is 2.63. The number of amides is 2. The second kappa shape index (κ2) is 11.2. The highest BCUT2D eigenvalue weighted by molar-refractivity contribution is 6.31. The highest BCUT2D eigenvalue weighted by Gasteiger charge is 2.30. The fourth-order valence-corrected chi connectivity index (χ4v) is 2.43. The summed E-state index contributed by atoms with van der Waals surface area (Å²) in [5.74, 6) is -3.68. The Morgan fingerprint density at radius 2 is 1.82 bits per heavy atom. The van der Waals surface area contributed by atoms with Crippen molar-refractivity contribution in [2.24, 2.45) is 5.92 Å². The molecule has 1 aromatic carbocycles. The quantitative estimate of drug-likeness (QED) is 0.537. The number of hydrogen-bond donors (Lipinski definition) is 3. The fraction of sp³-hybridized carbons (Fsp3) is 0.444. The molecular formula is C18H22ClFN2O6. The highest BCUT2D eigenvalue weighted by atomic mass is 35.5. The number of hydrogen-bond acceptors (Lipinski definition) is 5. The number of carbonyl (C=O) groups excluding carboxylic acids is 3. The smallest absolute Gasteiger partial charge is 0.408 e. The van der Waals surface area contributed by atoms with E-state index in [1.165, 1.54) is 0 Å². The molecule has 0 spiro atoms. The van der Waals surface area contributed by atoms with Gasteiger partial charge in [0.2, 0.25) is 5.91 Å². The van der Waals surface area contributed by atoms with Crippen molar-refractivity contribution < 1.29 is 33.4 Å². The second-order valence-corrected chi connectivity index (χ2v) is 6.70. The predicted molar refractivity (Wildman–Crippen MR) is 98.6 cm³/mol. The van der Waals surface area contributed by atoms with Gasteiger partial charge in [0.15, 0.2) is 5.78 Å². The van der Waals surface area contributed by atoms with Crippen LogP contribution in [0.25, 0.3) is 0 Å². The van der Waals surface area contributed by atoms with Gasteiger partial charge >= 0.3 is 12.1 Å². The Morgan fingerprint density at radius 3 is 2.36 bits per heavy atom. The number of aliphatic carboxylic acids is 1. The van der Waals surface area contributed by atoms with E-state index >= 15 is 0 Å². The maximum absolute atomic E-state index is 12.6. The molecule has 0 saturated heterocycles. The van der Waals surface area contributed by atoms with Gasteiger partial charge in [-0.15, -0.1) is 0 Å². The number of carboxylic acids is 1. The van der Waals surface area contributed by atoms with Crippen molar-refractivity contribution in [3.05, 3.63) is 34.9 Å². The SMILES string of the molecule is CC(C)[C@H](NC(=O)OCc1ccccc1Cl)C(=O)NC(CC(=O)O)C(=O)CF. The van der Waals surface area contributed by atoms with Crippen LogP contribution in [0.2, 0.25) is 5.02 Å². The van der Waals surface area contributed by atoms with Gasteiger partial charge in [-0.1, -0.05) is 43.6 Å².